The van der Waals surface area contributed by atoms with Gasteiger partial charge in [-0.1, -0.05) is 23.2 Å². The van der Waals surface area contributed by atoms with Crippen LogP contribution in [0, 0.1) is 17.4 Å². The first-order chi connectivity index (χ1) is 13.0. The van der Waals surface area contributed by atoms with Crippen LogP contribution in [0.5, 0.6) is 0 Å². The van der Waals surface area contributed by atoms with Gasteiger partial charge in [-0.3, -0.25) is 4.79 Å². The van der Waals surface area contributed by atoms with Gasteiger partial charge in [-0.05, 0) is 56.7 Å². The molecular weight excluding hydrogens is 383 g/mol. The van der Waals surface area contributed by atoms with Crippen molar-refractivity contribution in [2.24, 2.45) is 5.92 Å². The van der Waals surface area contributed by atoms with E-state index in [2.05, 4.69) is 16.4 Å². The molecular formula is C20H24Cl2N4O. The first-order valence-electron chi connectivity index (χ1n) is 9.74. The largest absolute Gasteiger partial charge is 0.371 e. The maximum atomic E-state index is 12.9. The highest BCUT2D eigenvalue weighted by atomic mass is 35.5. The molecule has 3 saturated heterocycles. The summed E-state index contributed by atoms with van der Waals surface area (Å²) in [6.07, 6.45) is 7.97. The second kappa shape index (κ2) is 7.77. The summed E-state index contributed by atoms with van der Waals surface area (Å²) in [4.78, 5) is 17.0. The van der Waals surface area contributed by atoms with E-state index < -0.39 is 0 Å². The minimum atomic E-state index is 0.0271. The Morgan fingerprint density at radius 3 is 2.59 bits per heavy atom. The van der Waals surface area contributed by atoms with Crippen LogP contribution in [0.25, 0.3) is 0 Å². The second-order valence-electron chi connectivity index (χ2n) is 7.90. The highest BCUT2D eigenvalue weighted by Gasteiger charge is 2.46. The maximum absolute atomic E-state index is 12.9. The number of carbonyl (C=O) groups excluding carboxylic acids is 1. The van der Waals surface area contributed by atoms with Gasteiger partial charge >= 0.3 is 0 Å². The van der Waals surface area contributed by atoms with Crippen molar-refractivity contribution in [3.05, 3.63) is 28.2 Å². The number of amides is 1. The normalized spacial score (nSPS) is 30.1. The van der Waals surface area contributed by atoms with Crippen LogP contribution in [0.15, 0.2) is 18.2 Å². The van der Waals surface area contributed by atoms with Crippen LogP contribution in [0.2, 0.25) is 10.0 Å². The zero-order valence-corrected chi connectivity index (χ0v) is 16.7. The third kappa shape index (κ3) is 3.83. The number of halogens is 2. The maximum Gasteiger partial charge on any atom is 0.223 e. The molecule has 0 aliphatic carbocycles. The monoisotopic (exact) mass is 406 g/mol. The van der Waals surface area contributed by atoms with Gasteiger partial charge in [-0.2, -0.15) is 5.26 Å². The van der Waals surface area contributed by atoms with Crippen LogP contribution in [0.1, 0.15) is 38.5 Å². The highest BCUT2D eigenvalue weighted by molar-refractivity contribution is 6.35. The summed E-state index contributed by atoms with van der Waals surface area (Å²) >= 11 is 12.3. The van der Waals surface area contributed by atoms with E-state index in [-0.39, 0.29) is 23.9 Å². The van der Waals surface area contributed by atoms with Crippen LogP contribution in [0.4, 0.5) is 5.69 Å². The van der Waals surface area contributed by atoms with Crippen LogP contribution in [0.3, 0.4) is 0 Å². The van der Waals surface area contributed by atoms with E-state index in [1.54, 1.807) is 6.07 Å². The summed E-state index contributed by atoms with van der Waals surface area (Å²) in [5.74, 6) is 0.177. The van der Waals surface area contributed by atoms with Crippen LogP contribution in [-0.4, -0.2) is 42.0 Å². The summed E-state index contributed by atoms with van der Waals surface area (Å²) in [6, 6.07) is 6.24. The van der Waals surface area contributed by atoms with Crippen molar-refractivity contribution >= 4 is 34.8 Å². The molecule has 5 nitrogen and oxygen atoms in total. The van der Waals surface area contributed by atoms with E-state index in [9.17, 15) is 10.1 Å². The number of nitrogens with zero attached hydrogens (tertiary/aromatic N) is 3. The van der Waals surface area contributed by atoms with E-state index in [0.29, 0.717) is 16.1 Å². The van der Waals surface area contributed by atoms with Crippen LogP contribution >= 0.6 is 23.2 Å². The third-order valence-corrected chi connectivity index (χ3v) is 6.73. The summed E-state index contributed by atoms with van der Waals surface area (Å²) in [5.41, 5.74) is 1.02. The van der Waals surface area contributed by atoms with Crippen molar-refractivity contribution in [3.8, 4) is 6.19 Å². The molecule has 3 heterocycles. The lowest BCUT2D eigenvalue weighted by molar-refractivity contribution is -0.126. The predicted molar refractivity (Wildman–Crippen MR) is 107 cm³/mol. The van der Waals surface area contributed by atoms with Gasteiger partial charge in [0.15, 0.2) is 6.19 Å². The molecule has 144 valence electrons. The molecule has 0 saturated carbocycles. The number of nitrogens with one attached hydrogen (secondary N) is 1. The first kappa shape index (κ1) is 18.7. The minimum Gasteiger partial charge on any atom is -0.371 e. The lowest BCUT2D eigenvalue weighted by Crippen LogP contribution is -2.45. The molecule has 3 aliphatic heterocycles. The van der Waals surface area contributed by atoms with Crippen molar-refractivity contribution in [1.82, 2.24) is 10.2 Å². The molecule has 4 atom stereocenters. The molecule has 1 aromatic rings. The van der Waals surface area contributed by atoms with Crippen molar-refractivity contribution in [2.45, 2.75) is 56.7 Å². The molecule has 1 aromatic carbocycles. The highest BCUT2D eigenvalue weighted by Crippen LogP contribution is 2.37. The van der Waals surface area contributed by atoms with E-state index >= 15 is 0 Å². The van der Waals surface area contributed by atoms with Gasteiger partial charge in [0.25, 0.3) is 0 Å². The number of hydrogen-bond acceptors (Lipinski definition) is 4. The Hall–Kier alpha value is -1.64. The SMILES string of the molecule is N#CN1[C@H]2CC[C@@H]1[C@H](NC(=O)C1CCCN(c3cc(Cl)cc(Cl)c3)CC1)C2. The summed E-state index contributed by atoms with van der Waals surface area (Å²) in [7, 11) is 0. The average molecular weight is 407 g/mol. The number of fused-ring (bicyclic) bond motifs is 2. The van der Waals surface area contributed by atoms with Gasteiger partial charge in [-0.25, -0.2) is 0 Å². The topological polar surface area (TPSA) is 59.4 Å². The van der Waals surface area contributed by atoms with Crippen molar-refractivity contribution in [2.75, 3.05) is 18.0 Å². The number of hydrogen-bond donors (Lipinski definition) is 1. The number of nitriles is 1. The average Bonchev–Trinajstić information content (AvgIpc) is 3.06. The van der Waals surface area contributed by atoms with Gasteiger partial charge in [0.2, 0.25) is 5.91 Å². The van der Waals surface area contributed by atoms with E-state index in [1.807, 2.05) is 17.0 Å². The van der Waals surface area contributed by atoms with Crippen LogP contribution < -0.4 is 10.2 Å². The quantitative estimate of drug-likeness (QED) is 0.775. The van der Waals surface area contributed by atoms with E-state index in [0.717, 1.165) is 57.3 Å². The van der Waals surface area contributed by atoms with Crippen molar-refractivity contribution in [1.29, 1.82) is 5.26 Å². The zero-order valence-electron chi connectivity index (χ0n) is 15.2. The van der Waals surface area contributed by atoms with Gasteiger partial charge in [-0.15, -0.1) is 0 Å². The number of carbonyl (C=O) groups is 1. The summed E-state index contributed by atoms with van der Waals surface area (Å²) in [6.45, 7) is 1.71. The molecule has 27 heavy (non-hydrogen) atoms. The Labute approximate surface area is 170 Å². The zero-order chi connectivity index (χ0) is 19.0. The van der Waals surface area contributed by atoms with Gasteiger partial charge in [0, 0.05) is 40.8 Å². The molecule has 1 unspecified atom stereocenters. The van der Waals surface area contributed by atoms with Gasteiger partial charge in [0.1, 0.15) is 0 Å². The molecule has 3 fully saturated rings. The Balaban J connectivity index is 1.36. The molecule has 1 N–H and O–H groups in total. The smallest absolute Gasteiger partial charge is 0.223 e. The lowest BCUT2D eigenvalue weighted by atomic mass is 9.93. The minimum absolute atomic E-state index is 0.0271. The number of rotatable bonds is 3. The lowest BCUT2D eigenvalue weighted by Gasteiger charge is -2.25. The molecule has 2 bridgehead atoms. The molecule has 3 aliphatic rings. The van der Waals surface area contributed by atoms with E-state index in [1.165, 1.54) is 0 Å². The third-order valence-electron chi connectivity index (χ3n) is 6.29. The fourth-order valence-corrected chi connectivity index (χ4v) is 5.45. The fraction of sp³-hybridized carbons (Fsp3) is 0.600. The molecule has 1 amide bonds. The summed E-state index contributed by atoms with van der Waals surface area (Å²) < 4.78 is 0. The van der Waals surface area contributed by atoms with Crippen molar-refractivity contribution < 1.29 is 4.79 Å². The second-order valence-corrected chi connectivity index (χ2v) is 8.77. The first-order valence-corrected chi connectivity index (χ1v) is 10.5. The Bertz CT molecular complexity index is 745. The van der Waals surface area contributed by atoms with E-state index in [4.69, 9.17) is 23.2 Å². The number of benzene rings is 1. The molecule has 0 aromatic heterocycles. The Morgan fingerprint density at radius 2 is 1.89 bits per heavy atom. The Morgan fingerprint density at radius 1 is 1.11 bits per heavy atom. The van der Waals surface area contributed by atoms with Gasteiger partial charge < -0.3 is 15.1 Å². The molecule has 7 heteroatoms. The molecule has 0 spiro atoms. The van der Waals surface area contributed by atoms with Crippen molar-refractivity contribution in [3.63, 3.8) is 0 Å². The Kier molecular flexibility index (Phi) is 5.39. The van der Waals surface area contributed by atoms with Crippen LogP contribution in [-0.2, 0) is 4.79 Å². The summed E-state index contributed by atoms with van der Waals surface area (Å²) in [5, 5.41) is 13.8. The molecule has 4 rings (SSSR count). The van der Waals surface area contributed by atoms with Gasteiger partial charge in [0.05, 0.1) is 12.1 Å². The fourth-order valence-electron chi connectivity index (χ4n) is 4.94. The number of anilines is 1. The standard InChI is InChI=1S/C20H24Cl2N4O/c21-14-8-15(22)10-17(9-14)25-6-1-2-13(5-7-25)20(27)24-18-11-16-3-4-19(18)26(16)12-23/h8-10,13,16,18-19H,1-7,11H2,(H,24,27)/t13?,16-,18+,19+/m0/s1. The molecule has 0 radical (unpaired) electrons. The predicted octanol–water partition coefficient (Wildman–Crippen LogP) is 3.80.